The molecule has 6 nitrogen and oxygen atoms in total. The Hall–Kier alpha value is -2.71. The summed E-state index contributed by atoms with van der Waals surface area (Å²) < 4.78 is 53.7. The van der Waals surface area contributed by atoms with E-state index in [0.717, 1.165) is 18.2 Å². The molecule has 9 heteroatoms. The van der Waals surface area contributed by atoms with Gasteiger partial charge in [-0.3, -0.25) is 0 Å². The first-order valence-corrected chi connectivity index (χ1v) is 5.57. The number of halogens is 3. The van der Waals surface area contributed by atoms with Crippen LogP contribution in [0.15, 0.2) is 22.7 Å². The molecule has 1 N–H and O–H groups in total. The highest BCUT2D eigenvalue weighted by Gasteiger charge is 2.37. The minimum absolute atomic E-state index is 0.0342. The number of alkyl halides is 3. The summed E-state index contributed by atoms with van der Waals surface area (Å²) in [5.74, 6) is -1.90. The third-order valence-corrected chi connectivity index (χ3v) is 2.82. The molecule has 21 heavy (non-hydrogen) atoms. The Morgan fingerprint density at radius 2 is 1.86 bits per heavy atom. The molecule has 0 radical (unpaired) electrons. The zero-order chi connectivity index (χ0) is 15.2. The van der Waals surface area contributed by atoms with Crippen molar-refractivity contribution in [3.8, 4) is 22.8 Å². The molecule has 0 aliphatic carbocycles. The average Bonchev–Trinajstić information content (AvgIpc) is 3.04. The smallest absolute Gasteiger partial charge is 0.417 e. The van der Waals surface area contributed by atoms with E-state index < -0.39 is 23.5 Å². The topological polar surface area (TPSA) is 81.8 Å². The van der Waals surface area contributed by atoms with Crippen LogP contribution in [0, 0.1) is 0 Å². The number of aromatic carboxylic acids is 1. The summed E-state index contributed by atoms with van der Waals surface area (Å²) in [4.78, 5) is 10.7. The number of nitrogens with zero attached hydrogens (tertiary/aromatic N) is 1. The van der Waals surface area contributed by atoms with Crippen LogP contribution >= 0.6 is 0 Å². The van der Waals surface area contributed by atoms with Gasteiger partial charge in [0.25, 0.3) is 0 Å². The third kappa shape index (κ3) is 2.26. The van der Waals surface area contributed by atoms with Gasteiger partial charge < -0.3 is 19.1 Å². The molecule has 0 unspecified atom stereocenters. The van der Waals surface area contributed by atoms with E-state index in [1.54, 1.807) is 0 Å². The molecule has 110 valence electrons. The van der Waals surface area contributed by atoms with Crippen LogP contribution in [0.25, 0.3) is 11.3 Å². The predicted molar refractivity (Wildman–Crippen MR) is 60.0 cm³/mol. The second kappa shape index (κ2) is 4.40. The van der Waals surface area contributed by atoms with Crippen LogP contribution in [0.5, 0.6) is 11.5 Å². The molecule has 2 heterocycles. The maximum Gasteiger partial charge on any atom is 0.417 e. The van der Waals surface area contributed by atoms with Crippen molar-refractivity contribution in [3.05, 3.63) is 29.5 Å². The second-order valence-corrected chi connectivity index (χ2v) is 4.13. The molecule has 0 spiro atoms. The van der Waals surface area contributed by atoms with Gasteiger partial charge in [-0.15, -0.1) is 0 Å². The van der Waals surface area contributed by atoms with Gasteiger partial charge in [0.1, 0.15) is 5.69 Å². The van der Waals surface area contributed by atoms with E-state index in [0.29, 0.717) is 0 Å². The lowest BCUT2D eigenvalue weighted by atomic mass is 10.0. The van der Waals surface area contributed by atoms with Gasteiger partial charge in [-0.25, -0.2) is 4.79 Å². The molecule has 1 aliphatic heterocycles. The molecule has 0 atom stereocenters. The van der Waals surface area contributed by atoms with Crippen LogP contribution in [0.3, 0.4) is 0 Å². The first-order valence-electron chi connectivity index (χ1n) is 5.57. The van der Waals surface area contributed by atoms with Crippen molar-refractivity contribution in [2.45, 2.75) is 6.18 Å². The summed E-state index contributed by atoms with van der Waals surface area (Å²) in [6.07, 6.45) is -4.67. The van der Waals surface area contributed by atoms with Gasteiger partial charge in [0, 0.05) is 11.6 Å². The fraction of sp³-hybridized carbons (Fsp3) is 0.167. The molecule has 0 saturated heterocycles. The number of carboxylic acid groups (broad SMARTS) is 1. The quantitative estimate of drug-likeness (QED) is 0.918. The SMILES string of the molecule is O=C(O)c1cc(-c2cc3c(cc2C(F)(F)F)OCO3)no1. The third-order valence-electron chi connectivity index (χ3n) is 2.82. The maximum atomic E-state index is 13.1. The Morgan fingerprint density at radius 3 is 2.43 bits per heavy atom. The van der Waals surface area contributed by atoms with Crippen molar-refractivity contribution >= 4 is 5.97 Å². The summed E-state index contributed by atoms with van der Waals surface area (Å²) in [5, 5.41) is 12.1. The van der Waals surface area contributed by atoms with Crippen LogP contribution in [-0.2, 0) is 6.18 Å². The molecule has 2 aromatic rings. The molecule has 0 amide bonds. The highest BCUT2D eigenvalue weighted by molar-refractivity contribution is 5.86. The molecule has 3 rings (SSSR count). The number of aromatic nitrogens is 1. The lowest BCUT2D eigenvalue weighted by Crippen LogP contribution is -2.07. The number of fused-ring (bicyclic) bond motifs is 1. The fourth-order valence-electron chi connectivity index (χ4n) is 1.89. The summed E-state index contributed by atoms with van der Waals surface area (Å²) >= 11 is 0. The number of rotatable bonds is 2. The minimum atomic E-state index is -4.67. The summed E-state index contributed by atoms with van der Waals surface area (Å²) in [7, 11) is 0. The maximum absolute atomic E-state index is 13.1. The van der Waals surface area contributed by atoms with Crippen LogP contribution in [0.4, 0.5) is 13.2 Å². The van der Waals surface area contributed by atoms with Crippen molar-refractivity contribution in [2.24, 2.45) is 0 Å². The van der Waals surface area contributed by atoms with Crippen LogP contribution in [0.1, 0.15) is 16.1 Å². The normalized spacial score (nSPS) is 13.5. The molecule has 1 aromatic carbocycles. The Bertz CT molecular complexity index is 722. The van der Waals surface area contributed by atoms with Gasteiger partial charge in [-0.2, -0.15) is 13.2 Å². The van der Waals surface area contributed by atoms with Gasteiger partial charge in [-0.1, -0.05) is 5.16 Å². The highest BCUT2D eigenvalue weighted by Crippen LogP contribution is 2.44. The number of hydrogen-bond donors (Lipinski definition) is 1. The Balaban J connectivity index is 2.17. The highest BCUT2D eigenvalue weighted by atomic mass is 19.4. The first-order chi connectivity index (χ1) is 9.86. The number of carbonyl (C=O) groups is 1. The van der Waals surface area contributed by atoms with E-state index in [1.807, 2.05) is 0 Å². The summed E-state index contributed by atoms with van der Waals surface area (Å²) in [6.45, 7) is -0.185. The van der Waals surface area contributed by atoms with Crippen molar-refractivity contribution in [1.29, 1.82) is 0 Å². The Morgan fingerprint density at radius 1 is 1.19 bits per heavy atom. The molecular weight excluding hydrogens is 295 g/mol. The van der Waals surface area contributed by atoms with Gasteiger partial charge >= 0.3 is 12.1 Å². The molecule has 1 aromatic heterocycles. The van der Waals surface area contributed by atoms with Gasteiger partial charge in [0.05, 0.1) is 5.56 Å². The van der Waals surface area contributed by atoms with Crippen LogP contribution in [0.2, 0.25) is 0 Å². The van der Waals surface area contributed by atoms with E-state index >= 15 is 0 Å². The minimum Gasteiger partial charge on any atom is -0.475 e. The lowest BCUT2D eigenvalue weighted by molar-refractivity contribution is -0.137. The molecule has 0 saturated carbocycles. The van der Waals surface area contributed by atoms with Gasteiger partial charge in [-0.05, 0) is 12.1 Å². The average molecular weight is 301 g/mol. The molecule has 0 bridgehead atoms. The fourth-order valence-corrected chi connectivity index (χ4v) is 1.89. The van der Waals surface area contributed by atoms with E-state index in [1.165, 1.54) is 0 Å². The zero-order valence-corrected chi connectivity index (χ0v) is 10.1. The molecular formula is C12H6F3NO5. The van der Waals surface area contributed by atoms with Crippen molar-refractivity contribution in [1.82, 2.24) is 5.16 Å². The zero-order valence-electron chi connectivity index (χ0n) is 10.1. The van der Waals surface area contributed by atoms with Crippen LogP contribution in [-0.4, -0.2) is 23.0 Å². The number of ether oxygens (including phenoxy) is 2. The Labute approximate surface area is 114 Å². The summed E-state index contributed by atoms with van der Waals surface area (Å²) in [6, 6.07) is 2.79. The molecule has 0 fully saturated rings. The van der Waals surface area contributed by atoms with Crippen LogP contribution < -0.4 is 9.47 Å². The monoisotopic (exact) mass is 301 g/mol. The van der Waals surface area contributed by atoms with Crippen molar-refractivity contribution < 1.29 is 37.1 Å². The number of carboxylic acids is 1. The summed E-state index contributed by atoms with van der Waals surface area (Å²) in [5.41, 5.74) is -1.61. The van der Waals surface area contributed by atoms with Gasteiger partial charge in [0.2, 0.25) is 12.6 Å². The first kappa shape index (κ1) is 13.3. The lowest BCUT2D eigenvalue weighted by Gasteiger charge is -2.11. The largest absolute Gasteiger partial charge is 0.475 e. The van der Waals surface area contributed by atoms with Gasteiger partial charge in [0.15, 0.2) is 11.5 Å². The van der Waals surface area contributed by atoms with E-state index in [4.69, 9.17) is 14.6 Å². The van der Waals surface area contributed by atoms with Crippen molar-refractivity contribution in [3.63, 3.8) is 0 Å². The number of hydrogen-bond acceptors (Lipinski definition) is 5. The standard InChI is InChI=1S/C12H6F3NO5/c13-12(14,15)6-2-9-8(19-4-20-9)1-5(6)7-3-10(11(17)18)21-16-7/h1-3H,4H2,(H,17,18). The number of benzene rings is 1. The Kier molecular flexibility index (Phi) is 2.78. The van der Waals surface area contributed by atoms with Crippen molar-refractivity contribution in [2.75, 3.05) is 6.79 Å². The predicted octanol–water partition coefficient (Wildman–Crippen LogP) is 2.79. The van der Waals surface area contributed by atoms with E-state index in [-0.39, 0.29) is 29.5 Å². The van der Waals surface area contributed by atoms with E-state index in [2.05, 4.69) is 9.68 Å². The second-order valence-electron chi connectivity index (χ2n) is 4.13. The van der Waals surface area contributed by atoms with E-state index in [9.17, 15) is 18.0 Å². The molecule has 1 aliphatic rings.